The maximum absolute atomic E-state index is 9.86. The Labute approximate surface area is 50.8 Å². The lowest BCUT2D eigenvalue weighted by Gasteiger charge is -2.10. The van der Waals surface area contributed by atoms with Gasteiger partial charge in [0, 0.05) is 0 Å². The van der Waals surface area contributed by atoms with Crippen LogP contribution in [0.25, 0.3) is 0 Å². The molecule has 0 unspecified atom stereocenters. The minimum Gasteiger partial charge on any atom is -0.269 e. The van der Waals surface area contributed by atoms with E-state index in [2.05, 4.69) is 4.18 Å². The smallest absolute Gasteiger partial charge is 0.269 e. The Morgan fingerprint density at radius 2 is 1.50 bits per heavy atom. The summed E-state index contributed by atoms with van der Waals surface area (Å²) in [5.74, 6) is 0.201. The first-order chi connectivity index (χ1) is 2.71. The van der Waals surface area contributed by atoms with Crippen molar-refractivity contribution in [3.05, 3.63) is 0 Å². The third-order valence-corrected chi connectivity index (χ3v) is 1.79. The molecule has 1 saturated heterocycles. The molecule has 0 spiro atoms. The van der Waals surface area contributed by atoms with Gasteiger partial charge in [-0.3, -0.25) is 4.18 Å². The Kier molecular flexibility index (Phi) is 4.11. The topological polar surface area (TPSA) is 43.4 Å². The van der Waals surface area contributed by atoms with Crippen molar-refractivity contribution in [2.45, 2.75) is 14.9 Å². The molecule has 3 nitrogen and oxygen atoms in total. The average Bonchev–Trinajstić information content (AvgIpc) is 1.32. The molecule has 0 amide bonds. The van der Waals surface area contributed by atoms with E-state index in [9.17, 15) is 8.42 Å². The van der Waals surface area contributed by atoms with Crippen LogP contribution in [-0.2, 0) is 14.3 Å². The van der Waals surface area contributed by atoms with Crippen molar-refractivity contribution in [2.24, 2.45) is 0 Å². The number of hydrogen-bond acceptors (Lipinski definition) is 3. The molecule has 0 aromatic carbocycles. The molecule has 1 aliphatic rings. The summed E-state index contributed by atoms with van der Waals surface area (Å²) < 4.78 is 23.8. The molecule has 0 N–H and O–H groups in total. The Balaban J connectivity index is 0. The molecular formula is C4H12O3S. The minimum atomic E-state index is -2.98. The molecule has 0 aromatic rings. The molecule has 1 fully saturated rings. The summed E-state index contributed by atoms with van der Waals surface area (Å²) >= 11 is 0. The van der Waals surface area contributed by atoms with Crippen LogP contribution in [0.5, 0.6) is 0 Å². The fraction of sp³-hybridized carbons (Fsp3) is 1.00. The van der Waals surface area contributed by atoms with Gasteiger partial charge in [0.1, 0.15) is 5.75 Å². The summed E-state index contributed by atoms with van der Waals surface area (Å²) in [7, 11) is -2.98. The third kappa shape index (κ3) is 2.28. The second kappa shape index (κ2) is 3.04. The van der Waals surface area contributed by atoms with Gasteiger partial charge in [-0.05, 0) is 0 Å². The zero-order valence-corrected chi connectivity index (χ0v) is 3.86. The molecule has 0 radical (unpaired) electrons. The summed E-state index contributed by atoms with van der Waals surface area (Å²) in [5.41, 5.74) is 0. The van der Waals surface area contributed by atoms with Gasteiger partial charge in [-0.25, -0.2) is 0 Å². The van der Waals surface area contributed by atoms with E-state index < -0.39 is 10.1 Å². The summed E-state index contributed by atoms with van der Waals surface area (Å²) in [6.07, 6.45) is 0. The second-order valence-electron chi connectivity index (χ2n) is 1.08. The van der Waals surface area contributed by atoms with Gasteiger partial charge in [0.05, 0.1) is 6.61 Å². The summed E-state index contributed by atoms with van der Waals surface area (Å²) in [4.78, 5) is 0. The zero-order valence-electron chi connectivity index (χ0n) is 3.05. The molecule has 0 atom stereocenters. The van der Waals surface area contributed by atoms with E-state index in [1.54, 1.807) is 0 Å². The van der Waals surface area contributed by atoms with Crippen LogP contribution >= 0.6 is 0 Å². The predicted molar refractivity (Wildman–Crippen MR) is 33.2 cm³/mol. The molecule has 0 aliphatic carbocycles. The Bertz CT molecular complexity index is 125. The van der Waals surface area contributed by atoms with Crippen LogP contribution in [0.3, 0.4) is 0 Å². The highest BCUT2D eigenvalue weighted by atomic mass is 32.2. The Morgan fingerprint density at radius 3 is 1.50 bits per heavy atom. The quantitative estimate of drug-likeness (QED) is 0.463. The van der Waals surface area contributed by atoms with E-state index in [1.807, 2.05) is 0 Å². The zero-order chi connectivity index (χ0) is 4.62. The van der Waals surface area contributed by atoms with Gasteiger partial charge in [0.2, 0.25) is 0 Å². The van der Waals surface area contributed by atoms with Crippen LogP contribution in [0.15, 0.2) is 0 Å². The fourth-order valence-corrected chi connectivity index (χ4v) is 0.658. The van der Waals surface area contributed by atoms with E-state index in [0.29, 0.717) is 6.61 Å². The van der Waals surface area contributed by atoms with Crippen LogP contribution in [0.4, 0.5) is 0 Å². The maximum atomic E-state index is 9.86. The molecule has 8 heavy (non-hydrogen) atoms. The van der Waals surface area contributed by atoms with Gasteiger partial charge in [-0.2, -0.15) is 8.42 Å². The number of hydrogen-bond donors (Lipinski definition) is 0. The largest absolute Gasteiger partial charge is 0.269 e. The van der Waals surface area contributed by atoms with Crippen molar-refractivity contribution in [1.29, 1.82) is 0 Å². The summed E-state index contributed by atoms with van der Waals surface area (Å²) in [6.45, 7) is 0.377. The first-order valence-electron chi connectivity index (χ1n) is 1.58. The van der Waals surface area contributed by atoms with Crippen molar-refractivity contribution >= 4 is 10.1 Å². The van der Waals surface area contributed by atoms with Crippen LogP contribution in [-0.4, -0.2) is 20.8 Å². The van der Waals surface area contributed by atoms with Gasteiger partial charge in [0.15, 0.2) is 0 Å². The lowest BCUT2D eigenvalue weighted by atomic mass is 10.9. The van der Waals surface area contributed by atoms with E-state index in [1.165, 1.54) is 0 Å². The Hall–Kier alpha value is -0.0900. The molecule has 1 rings (SSSR count). The molecule has 1 heterocycles. The third-order valence-electron chi connectivity index (χ3n) is 0.596. The first-order valence-corrected chi connectivity index (χ1v) is 3.15. The molecule has 0 aromatic heterocycles. The second-order valence-corrected chi connectivity index (χ2v) is 2.84. The summed E-state index contributed by atoms with van der Waals surface area (Å²) in [6, 6.07) is 0. The highest BCUT2D eigenvalue weighted by Crippen LogP contribution is 2.02. The molecule has 0 bridgehead atoms. The van der Waals surface area contributed by atoms with Crippen LogP contribution in [0.2, 0.25) is 0 Å². The normalized spacial score (nSPS) is 21.5. The van der Waals surface area contributed by atoms with Gasteiger partial charge in [-0.15, -0.1) is 0 Å². The monoisotopic (exact) mass is 140 g/mol. The maximum Gasteiger partial charge on any atom is 0.269 e. The van der Waals surface area contributed by atoms with Crippen molar-refractivity contribution in [1.82, 2.24) is 0 Å². The van der Waals surface area contributed by atoms with Gasteiger partial charge < -0.3 is 0 Å². The lowest BCUT2D eigenvalue weighted by molar-refractivity contribution is 0.287. The molecule has 0 saturated carbocycles. The highest BCUT2D eigenvalue weighted by molar-refractivity contribution is 7.87. The van der Waals surface area contributed by atoms with Crippen molar-refractivity contribution in [3.63, 3.8) is 0 Å². The van der Waals surface area contributed by atoms with Crippen LogP contribution < -0.4 is 0 Å². The Morgan fingerprint density at radius 1 is 1.25 bits per heavy atom. The van der Waals surface area contributed by atoms with Crippen LogP contribution in [0.1, 0.15) is 14.9 Å². The van der Waals surface area contributed by atoms with Gasteiger partial charge >= 0.3 is 0 Å². The molecule has 1 aliphatic heterocycles. The highest BCUT2D eigenvalue weighted by Gasteiger charge is 2.20. The number of rotatable bonds is 0. The SMILES string of the molecule is C.C.O=S1(=O)CCO1. The molecule has 52 valence electrons. The molecular weight excluding hydrogens is 128 g/mol. The average molecular weight is 140 g/mol. The fourth-order valence-electron chi connectivity index (χ4n) is 0.219. The van der Waals surface area contributed by atoms with Crippen molar-refractivity contribution < 1.29 is 12.6 Å². The van der Waals surface area contributed by atoms with Crippen molar-refractivity contribution in [3.8, 4) is 0 Å². The van der Waals surface area contributed by atoms with E-state index in [-0.39, 0.29) is 20.6 Å². The lowest BCUT2D eigenvalue weighted by Crippen LogP contribution is -2.26. The van der Waals surface area contributed by atoms with Crippen molar-refractivity contribution in [2.75, 3.05) is 12.4 Å². The van der Waals surface area contributed by atoms with Gasteiger partial charge in [0.25, 0.3) is 10.1 Å². The summed E-state index contributed by atoms with van der Waals surface area (Å²) in [5, 5.41) is 0. The van der Waals surface area contributed by atoms with Crippen LogP contribution in [0, 0.1) is 0 Å². The van der Waals surface area contributed by atoms with E-state index in [0.717, 1.165) is 0 Å². The van der Waals surface area contributed by atoms with E-state index in [4.69, 9.17) is 0 Å². The standard InChI is InChI=1S/C2H4O3S.2CH4/c3-6(4)2-1-5-6;;/h1-2H2;2*1H4. The van der Waals surface area contributed by atoms with E-state index >= 15 is 0 Å². The first kappa shape index (κ1) is 10.8. The molecule has 4 heteroatoms. The van der Waals surface area contributed by atoms with Gasteiger partial charge in [-0.1, -0.05) is 14.9 Å². The predicted octanol–water partition coefficient (Wildman–Crippen LogP) is 0.619. The minimum absolute atomic E-state index is 0.